The molecular weight excluding hydrogens is 358 g/mol. The summed E-state index contributed by atoms with van der Waals surface area (Å²) >= 11 is 0. The van der Waals surface area contributed by atoms with Gasteiger partial charge in [0, 0.05) is 13.1 Å². The summed E-state index contributed by atoms with van der Waals surface area (Å²) < 4.78 is 2.12. The minimum atomic E-state index is -0.623. The zero-order valence-electron chi connectivity index (χ0n) is 16.0. The summed E-state index contributed by atoms with van der Waals surface area (Å²) in [4.78, 5) is 25.4. The van der Waals surface area contributed by atoms with Gasteiger partial charge in [-0.3, -0.25) is 4.79 Å². The second-order valence-electron chi connectivity index (χ2n) is 7.14. The summed E-state index contributed by atoms with van der Waals surface area (Å²) in [5, 5.41) is 11.0. The SMILES string of the molecule is Cc1nnc2n1[C@H](Cc1ccccc1)CN(C(=O)[C@@H](N)CCCNC(N)=O)C2. The molecule has 0 saturated heterocycles. The highest BCUT2D eigenvalue weighted by Crippen LogP contribution is 2.25. The van der Waals surface area contributed by atoms with Crippen molar-refractivity contribution in [1.29, 1.82) is 0 Å². The first-order chi connectivity index (χ1) is 13.5. The van der Waals surface area contributed by atoms with E-state index in [9.17, 15) is 9.59 Å². The van der Waals surface area contributed by atoms with Gasteiger partial charge in [-0.15, -0.1) is 10.2 Å². The fourth-order valence-electron chi connectivity index (χ4n) is 3.67. The zero-order chi connectivity index (χ0) is 20.1. The number of aromatic nitrogens is 3. The maximum Gasteiger partial charge on any atom is 0.312 e. The second kappa shape index (κ2) is 8.83. The van der Waals surface area contributed by atoms with Crippen molar-refractivity contribution < 1.29 is 9.59 Å². The van der Waals surface area contributed by atoms with E-state index in [-0.39, 0.29) is 11.9 Å². The molecule has 1 aliphatic heterocycles. The monoisotopic (exact) mass is 385 g/mol. The number of nitrogens with one attached hydrogen (secondary N) is 1. The fourth-order valence-corrected chi connectivity index (χ4v) is 3.67. The highest BCUT2D eigenvalue weighted by Gasteiger charge is 2.32. The quantitative estimate of drug-likeness (QED) is 0.597. The Morgan fingerprint density at radius 2 is 2.04 bits per heavy atom. The van der Waals surface area contributed by atoms with Crippen molar-refractivity contribution in [2.45, 2.75) is 44.8 Å². The summed E-state index contributed by atoms with van der Waals surface area (Å²) in [6, 6.07) is 9.04. The molecule has 9 nitrogen and oxygen atoms in total. The number of carbonyl (C=O) groups excluding carboxylic acids is 2. The molecule has 2 aromatic rings. The number of nitrogens with zero attached hydrogens (tertiary/aromatic N) is 4. The lowest BCUT2D eigenvalue weighted by molar-refractivity contribution is -0.134. The van der Waals surface area contributed by atoms with E-state index in [2.05, 4.69) is 32.2 Å². The van der Waals surface area contributed by atoms with Crippen LogP contribution in [0.4, 0.5) is 4.79 Å². The van der Waals surface area contributed by atoms with Crippen LogP contribution in [0.15, 0.2) is 30.3 Å². The van der Waals surface area contributed by atoms with Gasteiger partial charge in [0.1, 0.15) is 5.82 Å². The van der Waals surface area contributed by atoms with Crippen molar-refractivity contribution >= 4 is 11.9 Å². The zero-order valence-corrected chi connectivity index (χ0v) is 16.0. The Kier molecular flexibility index (Phi) is 6.25. The van der Waals surface area contributed by atoms with Crippen LogP contribution in [0.2, 0.25) is 0 Å². The van der Waals surface area contributed by atoms with Crippen LogP contribution < -0.4 is 16.8 Å². The molecule has 0 radical (unpaired) electrons. The number of urea groups is 1. The van der Waals surface area contributed by atoms with Gasteiger partial charge in [0.25, 0.3) is 0 Å². The van der Waals surface area contributed by atoms with Crippen LogP contribution in [0, 0.1) is 6.92 Å². The molecule has 2 atom stereocenters. The number of primary amides is 1. The molecule has 3 amide bonds. The van der Waals surface area contributed by atoms with Crippen molar-refractivity contribution in [3.63, 3.8) is 0 Å². The molecule has 0 aliphatic carbocycles. The van der Waals surface area contributed by atoms with Crippen LogP contribution in [-0.4, -0.2) is 50.7 Å². The van der Waals surface area contributed by atoms with Crippen LogP contribution in [0.3, 0.4) is 0 Å². The summed E-state index contributed by atoms with van der Waals surface area (Å²) in [6.07, 6.45) is 1.85. The summed E-state index contributed by atoms with van der Waals surface area (Å²) in [6.45, 7) is 3.30. The predicted molar refractivity (Wildman–Crippen MR) is 104 cm³/mol. The van der Waals surface area contributed by atoms with E-state index >= 15 is 0 Å². The number of hydrogen-bond donors (Lipinski definition) is 3. The van der Waals surface area contributed by atoms with Gasteiger partial charge in [-0.05, 0) is 31.7 Å². The highest BCUT2D eigenvalue weighted by molar-refractivity contribution is 5.81. The van der Waals surface area contributed by atoms with Crippen molar-refractivity contribution in [2.24, 2.45) is 11.5 Å². The number of carbonyl (C=O) groups is 2. The van der Waals surface area contributed by atoms with Gasteiger partial charge in [0.2, 0.25) is 5.91 Å². The first-order valence-corrected chi connectivity index (χ1v) is 9.47. The third kappa shape index (κ3) is 4.66. The van der Waals surface area contributed by atoms with Gasteiger partial charge in [-0.2, -0.15) is 0 Å². The lowest BCUT2D eigenvalue weighted by Gasteiger charge is -2.35. The van der Waals surface area contributed by atoms with Gasteiger partial charge >= 0.3 is 6.03 Å². The molecule has 9 heteroatoms. The minimum absolute atomic E-state index is 0.0637. The molecule has 3 rings (SSSR count). The molecule has 1 aromatic carbocycles. The van der Waals surface area contributed by atoms with E-state index in [1.807, 2.05) is 25.1 Å². The summed E-state index contributed by atoms with van der Waals surface area (Å²) in [5.74, 6) is 1.52. The molecule has 150 valence electrons. The standard InChI is InChI=1S/C19H27N7O2/c1-13-23-24-17-12-25(18(27)16(20)8-5-9-22-19(21)28)11-15(26(13)17)10-14-6-3-2-4-7-14/h2-4,6-7,15-16H,5,8-12,20H2,1H3,(H3,21,22,28)/t15-,16+/m1/s1. The molecular formula is C19H27N7O2. The third-order valence-corrected chi connectivity index (χ3v) is 5.00. The summed E-state index contributed by atoms with van der Waals surface area (Å²) in [5.41, 5.74) is 12.3. The molecule has 2 heterocycles. The Balaban J connectivity index is 1.67. The van der Waals surface area contributed by atoms with Crippen molar-refractivity contribution in [2.75, 3.05) is 13.1 Å². The number of amides is 3. The smallest absolute Gasteiger partial charge is 0.312 e. The number of nitrogens with two attached hydrogens (primary N) is 2. The lowest BCUT2D eigenvalue weighted by Crippen LogP contribution is -2.49. The van der Waals surface area contributed by atoms with E-state index in [0.29, 0.717) is 32.5 Å². The van der Waals surface area contributed by atoms with Crippen molar-refractivity contribution in [3.05, 3.63) is 47.5 Å². The molecule has 0 bridgehead atoms. The molecule has 28 heavy (non-hydrogen) atoms. The van der Waals surface area contributed by atoms with E-state index < -0.39 is 12.1 Å². The molecule has 5 N–H and O–H groups in total. The largest absolute Gasteiger partial charge is 0.352 e. The highest BCUT2D eigenvalue weighted by atomic mass is 16.2. The van der Waals surface area contributed by atoms with Crippen LogP contribution in [0.5, 0.6) is 0 Å². The molecule has 0 fully saturated rings. The maximum atomic E-state index is 12.9. The van der Waals surface area contributed by atoms with Gasteiger partial charge in [-0.1, -0.05) is 30.3 Å². The topological polar surface area (TPSA) is 132 Å². The normalized spacial score (nSPS) is 17.1. The first-order valence-electron chi connectivity index (χ1n) is 9.47. The Morgan fingerprint density at radius 1 is 1.29 bits per heavy atom. The van der Waals surface area contributed by atoms with Crippen LogP contribution in [0.25, 0.3) is 0 Å². The van der Waals surface area contributed by atoms with Crippen LogP contribution in [0.1, 0.15) is 36.1 Å². The summed E-state index contributed by atoms with van der Waals surface area (Å²) in [7, 11) is 0. The maximum absolute atomic E-state index is 12.9. The van der Waals surface area contributed by atoms with Crippen LogP contribution in [-0.2, 0) is 17.8 Å². The molecule has 1 aliphatic rings. The van der Waals surface area contributed by atoms with E-state index in [4.69, 9.17) is 11.5 Å². The van der Waals surface area contributed by atoms with Crippen molar-refractivity contribution in [3.8, 4) is 0 Å². The average Bonchev–Trinajstić information content (AvgIpc) is 3.06. The molecule has 0 unspecified atom stereocenters. The average molecular weight is 385 g/mol. The van der Waals surface area contributed by atoms with Gasteiger partial charge in [0.15, 0.2) is 5.82 Å². The Hall–Kier alpha value is -2.94. The van der Waals surface area contributed by atoms with Gasteiger partial charge in [-0.25, -0.2) is 4.79 Å². The van der Waals surface area contributed by atoms with E-state index in [0.717, 1.165) is 18.1 Å². The number of rotatable bonds is 7. The van der Waals surface area contributed by atoms with Crippen LogP contribution >= 0.6 is 0 Å². The third-order valence-electron chi connectivity index (χ3n) is 5.00. The number of fused-ring (bicyclic) bond motifs is 1. The lowest BCUT2D eigenvalue weighted by atomic mass is 10.0. The van der Waals surface area contributed by atoms with Gasteiger partial charge in [0.05, 0.1) is 18.6 Å². The number of aryl methyl sites for hydroxylation is 1. The van der Waals surface area contributed by atoms with Crippen molar-refractivity contribution in [1.82, 2.24) is 25.0 Å². The van der Waals surface area contributed by atoms with E-state index in [1.54, 1.807) is 4.90 Å². The molecule has 1 aromatic heterocycles. The molecule has 0 spiro atoms. The van der Waals surface area contributed by atoms with E-state index in [1.165, 1.54) is 5.56 Å². The Morgan fingerprint density at radius 3 is 2.75 bits per heavy atom. The Labute approximate surface area is 164 Å². The fraction of sp³-hybridized carbons (Fsp3) is 0.474. The second-order valence-corrected chi connectivity index (χ2v) is 7.14. The Bertz CT molecular complexity index is 821. The minimum Gasteiger partial charge on any atom is -0.352 e. The first kappa shape index (κ1) is 19.8. The number of benzene rings is 1. The van der Waals surface area contributed by atoms with Gasteiger partial charge < -0.3 is 26.3 Å². The number of hydrogen-bond acceptors (Lipinski definition) is 5. The predicted octanol–water partition coefficient (Wildman–Crippen LogP) is 0.488. The molecule has 0 saturated carbocycles.